The van der Waals surface area contributed by atoms with Crippen LogP contribution in [-0.2, 0) is 4.74 Å². The fraction of sp³-hybridized carbons (Fsp3) is 0.0714. The minimum Gasteiger partial charge on any atom is -0.465 e. The van der Waals surface area contributed by atoms with E-state index in [1.165, 1.54) is 7.11 Å². The Morgan fingerprint density at radius 2 is 1.68 bits per heavy atom. The minimum absolute atomic E-state index is 0.408. The molecule has 5 heteroatoms. The van der Waals surface area contributed by atoms with Crippen LogP contribution in [0.2, 0.25) is 0 Å². The molecule has 0 atom stereocenters. The molecule has 0 aliphatic rings. The third kappa shape index (κ3) is 1.96. The molecular weight excluding hydrogens is 308 g/mol. The van der Waals surface area contributed by atoms with E-state index in [2.05, 4.69) is 25.9 Å². The number of rotatable bonds is 1. The van der Waals surface area contributed by atoms with Gasteiger partial charge in [0, 0.05) is 4.47 Å². The Kier molecular flexibility index (Phi) is 2.91. The van der Waals surface area contributed by atoms with Gasteiger partial charge in [-0.2, -0.15) is 0 Å². The summed E-state index contributed by atoms with van der Waals surface area (Å²) in [5.41, 5.74) is 3.16. The van der Waals surface area contributed by atoms with E-state index >= 15 is 0 Å². The first-order valence-electron chi connectivity index (χ1n) is 5.64. The molecule has 0 aliphatic carbocycles. The third-order valence-electron chi connectivity index (χ3n) is 2.85. The molecular formula is C14H9BrN2O2. The first-order chi connectivity index (χ1) is 9.20. The fourth-order valence-corrected chi connectivity index (χ4v) is 2.40. The van der Waals surface area contributed by atoms with Crippen molar-refractivity contribution in [1.29, 1.82) is 0 Å². The van der Waals surface area contributed by atoms with E-state index < -0.39 is 5.97 Å². The number of para-hydroxylation sites is 2. The molecule has 19 heavy (non-hydrogen) atoms. The van der Waals surface area contributed by atoms with Gasteiger partial charge in [0.25, 0.3) is 0 Å². The number of hydrogen-bond acceptors (Lipinski definition) is 4. The van der Waals surface area contributed by atoms with E-state index in [1.807, 2.05) is 24.3 Å². The van der Waals surface area contributed by atoms with Gasteiger partial charge in [-0.15, -0.1) is 0 Å². The second kappa shape index (κ2) is 4.59. The molecule has 0 saturated carbocycles. The second-order valence-corrected chi connectivity index (χ2v) is 4.85. The van der Waals surface area contributed by atoms with Gasteiger partial charge in [-0.25, -0.2) is 14.8 Å². The number of methoxy groups -OCH3 is 1. The number of ether oxygens (including phenoxy) is 1. The summed E-state index contributed by atoms with van der Waals surface area (Å²) in [4.78, 5) is 20.8. The zero-order chi connectivity index (χ0) is 13.4. The van der Waals surface area contributed by atoms with Crippen molar-refractivity contribution in [3.8, 4) is 0 Å². The highest BCUT2D eigenvalue weighted by molar-refractivity contribution is 9.10. The van der Waals surface area contributed by atoms with Crippen LogP contribution in [0.15, 0.2) is 40.9 Å². The summed E-state index contributed by atoms with van der Waals surface area (Å²) in [6, 6.07) is 10.9. The van der Waals surface area contributed by atoms with E-state index in [1.54, 1.807) is 12.1 Å². The number of halogens is 1. The van der Waals surface area contributed by atoms with Crippen LogP contribution in [0.1, 0.15) is 10.4 Å². The first-order valence-corrected chi connectivity index (χ1v) is 6.43. The lowest BCUT2D eigenvalue weighted by molar-refractivity contribution is 0.0603. The van der Waals surface area contributed by atoms with E-state index in [4.69, 9.17) is 4.74 Å². The minimum atomic E-state index is -0.408. The smallest absolute Gasteiger partial charge is 0.340 e. The maximum absolute atomic E-state index is 11.7. The number of esters is 1. The van der Waals surface area contributed by atoms with Crippen LogP contribution < -0.4 is 0 Å². The van der Waals surface area contributed by atoms with Crippen molar-refractivity contribution in [3.05, 3.63) is 46.4 Å². The summed E-state index contributed by atoms with van der Waals surface area (Å²) in [6.07, 6.45) is 0. The number of benzene rings is 2. The summed E-state index contributed by atoms with van der Waals surface area (Å²) >= 11 is 3.45. The van der Waals surface area contributed by atoms with Crippen LogP contribution in [0.4, 0.5) is 0 Å². The number of aromatic nitrogens is 2. The van der Waals surface area contributed by atoms with Gasteiger partial charge >= 0.3 is 5.97 Å². The molecule has 3 aromatic rings. The standard InChI is InChI=1S/C14H9BrN2O2/c1-19-14(18)8-4-2-6-10-12(8)16-11-7-3-5-9(15)13(11)17-10/h2-7H,1H3. The highest BCUT2D eigenvalue weighted by Gasteiger charge is 2.13. The summed E-state index contributed by atoms with van der Waals surface area (Å²) in [6.45, 7) is 0. The molecule has 0 N–H and O–H groups in total. The van der Waals surface area contributed by atoms with Crippen LogP contribution in [0.3, 0.4) is 0 Å². The largest absolute Gasteiger partial charge is 0.465 e. The third-order valence-corrected chi connectivity index (χ3v) is 3.49. The predicted octanol–water partition coefficient (Wildman–Crippen LogP) is 3.33. The highest BCUT2D eigenvalue weighted by atomic mass is 79.9. The Bertz CT molecular complexity index is 802. The first kappa shape index (κ1) is 12.0. The van der Waals surface area contributed by atoms with Crippen molar-refractivity contribution in [2.75, 3.05) is 7.11 Å². The number of hydrogen-bond donors (Lipinski definition) is 0. The van der Waals surface area contributed by atoms with Crippen molar-refractivity contribution < 1.29 is 9.53 Å². The van der Waals surface area contributed by atoms with Gasteiger partial charge in [0.15, 0.2) is 0 Å². The van der Waals surface area contributed by atoms with E-state index in [0.29, 0.717) is 16.6 Å². The number of fused-ring (bicyclic) bond motifs is 2. The summed E-state index contributed by atoms with van der Waals surface area (Å²) < 4.78 is 5.64. The van der Waals surface area contributed by atoms with Gasteiger partial charge in [-0.3, -0.25) is 0 Å². The van der Waals surface area contributed by atoms with Gasteiger partial charge in [-0.1, -0.05) is 12.1 Å². The summed E-state index contributed by atoms with van der Waals surface area (Å²) in [5, 5.41) is 0. The zero-order valence-corrected chi connectivity index (χ0v) is 11.6. The maximum Gasteiger partial charge on any atom is 0.340 e. The van der Waals surface area contributed by atoms with Crippen LogP contribution in [-0.4, -0.2) is 23.0 Å². The number of carbonyl (C=O) groups is 1. The molecule has 0 bridgehead atoms. The topological polar surface area (TPSA) is 52.1 Å². The van der Waals surface area contributed by atoms with Crippen LogP contribution >= 0.6 is 15.9 Å². The van der Waals surface area contributed by atoms with Gasteiger partial charge in [0.05, 0.1) is 23.7 Å². The monoisotopic (exact) mass is 316 g/mol. The molecule has 2 aromatic carbocycles. The highest BCUT2D eigenvalue weighted by Crippen LogP contribution is 2.24. The van der Waals surface area contributed by atoms with E-state index in [-0.39, 0.29) is 0 Å². The van der Waals surface area contributed by atoms with Crippen molar-refractivity contribution in [2.24, 2.45) is 0 Å². The van der Waals surface area contributed by atoms with Crippen molar-refractivity contribution >= 4 is 44.0 Å². The Morgan fingerprint density at radius 3 is 2.42 bits per heavy atom. The van der Waals surface area contributed by atoms with Crippen LogP contribution in [0, 0.1) is 0 Å². The molecule has 0 spiro atoms. The Morgan fingerprint density at radius 1 is 1.05 bits per heavy atom. The van der Waals surface area contributed by atoms with Gasteiger partial charge in [-0.05, 0) is 40.2 Å². The molecule has 0 saturated heterocycles. The maximum atomic E-state index is 11.7. The molecule has 0 radical (unpaired) electrons. The average molecular weight is 317 g/mol. The summed E-state index contributed by atoms with van der Waals surface area (Å²) in [7, 11) is 1.35. The lowest BCUT2D eigenvalue weighted by Crippen LogP contribution is -2.03. The molecule has 1 aromatic heterocycles. The van der Waals surface area contributed by atoms with Crippen LogP contribution in [0.5, 0.6) is 0 Å². The summed E-state index contributed by atoms with van der Waals surface area (Å²) in [5.74, 6) is -0.408. The lowest BCUT2D eigenvalue weighted by atomic mass is 10.1. The SMILES string of the molecule is COC(=O)c1cccc2nc3c(Br)cccc3nc12. The van der Waals surface area contributed by atoms with Crippen molar-refractivity contribution in [3.63, 3.8) is 0 Å². The lowest BCUT2D eigenvalue weighted by Gasteiger charge is -2.06. The molecule has 0 unspecified atom stereocenters. The molecule has 0 aliphatic heterocycles. The van der Waals surface area contributed by atoms with E-state index in [9.17, 15) is 4.79 Å². The zero-order valence-electron chi connectivity index (χ0n) is 10.1. The number of carbonyl (C=O) groups excluding carboxylic acids is 1. The van der Waals surface area contributed by atoms with Gasteiger partial charge < -0.3 is 4.74 Å². The Hall–Kier alpha value is -2.01. The van der Waals surface area contributed by atoms with Crippen LogP contribution in [0.25, 0.3) is 22.1 Å². The molecule has 0 amide bonds. The number of nitrogens with zero attached hydrogens (tertiary/aromatic N) is 2. The average Bonchev–Trinajstić information content (AvgIpc) is 2.44. The quantitative estimate of drug-likeness (QED) is 0.510. The molecule has 4 nitrogen and oxygen atoms in total. The molecule has 1 heterocycles. The van der Waals surface area contributed by atoms with E-state index in [0.717, 1.165) is 15.5 Å². The normalized spacial score (nSPS) is 10.8. The fourth-order valence-electron chi connectivity index (χ4n) is 1.96. The van der Waals surface area contributed by atoms with Gasteiger partial charge in [0.2, 0.25) is 0 Å². The van der Waals surface area contributed by atoms with Gasteiger partial charge in [0.1, 0.15) is 11.0 Å². The van der Waals surface area contributed by atoms with Crippen molar-refractivity contribution in [2.45, 2.75) is 0 Å². The molecule has 3 rings (SSSR count). The Balaban J connectivity index is 2.41. The Labute approximate surface area is 117 Å². The molecule has 94 valence electrons. The van der Waals surface area contributed by atoms with Crippen molar-refractivity contribution in [1.82, 2.24) is 9.97 Å². The molecule has 0 fully saturated rings. The predicted molar refractivity (Wildman–Crippen MR) is 76.1 cm³/mol. The second-order valence-electron chi connectivity index (χ2n) is 4.00.